The number of imide groups is 1. The molecule has 0 aliphatic carbocycles. The lowest BCUT2D eigenvalue weighted by atomic mass is 9.99. The van der Waals surface area contributed by atoms with Crippen LogP contribution in [-0.2, 0) is 14.4 Å². The van der Waals surface area contributed by atoms with E-state index in [0.29, 0.717) is 16.8 Å². The van der Waals surface area contributed by atoms with Gasteiger partial charge in [-0.1, -0.05) is 18.2 Å². The number of rotatable bonds is 2. The largest absolute Gasteiger partial charge is 0.542 e. The van der Waals surface area contributed by atoms with Gasteiger partial charge in [-0.25, -0.2) is 9.97 Å². The lowest BCUT2D eigenvalue weighted by Gasteiger charge is -2.03. The van der Waals surface area contributed by atoms with Crippen LogP contribution in [-0.4, -0.2) is 33.9 Å². The van der Waals surface area contributed by atoms with Gasteiger partial charge in [0.1, 0.15) is 17.7 Å². The summed E-state index contributed by atoms with van der Waals surface area (Å²) >= 11 is 0. The van der Waals surface area contributed by atoms with Gasteiger partial charge in [0.15, 0.2) is 5.69 Å². The lowest BCUT2D eigenvalue weighted by Crippen LogP contribution is -2.37. The third-order valence-electron chi connectivity index (χ3n) is 3.83. The van der Waals surface area contributed by atoms with E-state index >= 15 is 0 Å². The number of aromatic amines is 3. The SMILES string of the molecule is O=C([O-])C(F)(F)F.O=C1NC(=O)C(c2c[nH]c3ccccc23)=C1c1c[nH+]c[nH]1. The zero-order chi connectivity index (χ0) is 20.5. The van der Waals surface area contributed by atoms with Crippen molar-refractivity contribution in [3.8, 4) is 0 Å². The highest BCUT2D eigenvalue weighted by molar-refractivity contribution is 6.49. The van der Waals surface area contributed by atoms with Crippen LogP contribution < -0.4 is 15.4 Å². The normalized spacial score (nSPS) is 14.1. The Labute approximate surface area is 154 Å². The molecule has 0 spiro atoms. The van der Waals surface area contributed by atoms with E-state index in [1.54, 1.807) is 18.7 Å². The van der Waals surface area contributed by atoms with E-state index < -0.39 is 18.1 Å². The van der Waals surface area contributed by atoms with Crippen LogP contribution >= 0.6 is 0 Å². The van der Waals surface area contributed by atoms with Crippen molar-refractivity contribution in [1.82, 2.24) is 15.3 Å². The summed E-state index contributed by atoms with van der Waals surface area (Å²) in [5.74, 6) is -3.78. The van der Waals surface area contributed by atoms with Gasteiger partial charge in [0, 0.05) is 22.7 Å². The van der Waals surface area contributed by atoms with Gasteiger partial charge in [0.05, 0.1) is 5.57 Å². The molecule has 0 radical (unpaired) electrons. The van der Waals surface area contributed by atoms with E-state index in [0.717, 1.165) is 16.5 Å². The third kappa shape index (κ3) is 3.49. The Morgan fingerprint density at radius 1 is 1.04 bits per heavy atom. The summed E-state index contributed by atoms with van der Waals surface area (Å²) in [6.45, 7) is 0. The van der Waals surface area contributed by atoms with Crippen molar-refractivity contribution in [2.24, 2.45) is 0 Å². The Kier molecular flexibility index (Phi) is 4.74. The molecule has 0 saturated heterocycles. The van der Waals surface area contributed by atoms with E-state index in [9.17, 15) is 22.8 Å². The first-order chi connectivity index (χ1) is 13.2. The molecule has 0 saturated carbocycles. The molecular weight excluding hydrogens is 381 g/mol. The Bertz CT molecular complexity index is 1100. The molecule has 3 aromatic rings. The first-order valence-electron chi connectivity index (χ1n) is 7.69. The van der Waals surface area contributed by atoms with E-state index in [1.165, 1.54) is 0 Å². The number of carboxylic acid groups (broad SMARTS) is 1. The molecule has 2 aromatic heterocycles. The molecule has 144 valence electrons. The molecule has 1 aromatic carbocycles. The summed E-state index contributed by atoms with van der Waals surface area (Å²) in [4.78, 5) is 42.0. The van der Waals surface area contributed by atoms with Crippen LogP contribution in [0.2, 0.25) is 0 Å². The fourth-order valence-corrected chi connectivity index (χ4v) is 2.68. The molecule has 11 heteroatoms. The summed E-state index contributed by atoms with van der Waals surface area (Å²) in [5, 5.41) is 12.1. The van der Waals surface area contributed by atoms with Crippen LogP contribution in [0.5, 0.6) is 0 Å². The Hall–Kier alpha value is -3.89. The molecule has 0 bridgehead atoms. The number of halogens is 3. The van der Waals surface area contributed by atoms with Crippen molar-refractivity contribution in [2.45, 2.75) is 6.18 Å². The summed E-state index contributed by atoms with van der Waals surface area (Å²) in [5.41, 5.74) is 2.96. The maximum atomic E-state index is 12.2. The lowest BCUT2D eigenvalue weighted by molar-refractivity contribution is -0.375. The molecule has 1 aliphatic heterocycles. The van der Waals surface area contributed by atoms with Crippen molar-refractivity contribution < 1.29 is 37.6 Å². The number of aromatic nitrogens is 3. The average Bonchev–Trinajstić information content (AvgIpc) is 3.33. The number of para-hydroxylation sites is 1. The maximum Gasteiger partial charge on any atom is 0.430 e. The highest BCUT2D eigenvalue weighted by Crippen LogP contribution is 2.33. The van der Waals surface area contributed by atoms with Gasteiger partial charge in [-0.15, -0.1) is 0 Å². The number of H-pyrrole nitrogens is 3. The Morgan fingerprint density at radius 2 is 1.68 bits per heavy atom. The molecular formula is C17H11F3N4O4. The number of carbonyl (C=O) groups excluding carboxylic acids is 3. The third-order valence-corrected chi connectivity index (χ3v) is 3.83. The monoisotopic (exact) mass is 392 g/mol. The van der Waals surface area contributed by atoms with E-state index in [1.807, 2.05) is 24.3 Å². The molecule has 4 N–H and O–H groups in total. The summed E-state index contributed by atoms with van der Waals surface area (Å²) in [6.07, 6.45) is -0.182. The minimum Gasteiger partial charge on any atom is -0.542 e. The minimum atomic E-state index is -5.19. The van der Waals surface area contributed by atoms with Crippen molar-refractivity contribution in [2.75, 3.05) is 0 Å². The fourth-order valence-electron chi connectivity index (χ4n) is 2.68. The van der Waals surface area contributed by atoms with Gasteiger partial charge in [0.25, 0.3) is 11.8 Å². The predicted molar refractivity (Wildman–Crippen MR) is 86.7 cm³/mol. The van der Waals surface area contributed by atoms with E-state index in [4.69, 9.17) is 9.90 Å². The molecule has 4 rings (SSSR count). The van der Waals surface area contributed by atoms with Crippen molar-refractivity contribution in [1.29, 1.82) is 0 Å². The number of fused-ring (bicyclic) bond motifs is 1. The van der Waals surface area contributed by atoms with Gasteiger partial charge in [-0.2, -0.15) is 13.2 Å². The number of alkyl halides is 3. The Morgan fingerprint density at radius 3 is 2.29 bits per heavy atom. The topological polar surface area (TPSA) is 132 Å². The van der Waals surface area contributed by atoms with Gasteiger partial charge in [-0.05, 0) is 6.07 Å². The van der Waals surface area contributed by atoms with Gasteiger partial charge in [0.2, 0.25) is 6.33 Å². The van der Waals surface area contributed by atoms with Crippen LogP contribution in [0.25, 0.3) is 22.0 Å². The van der Waals surface area contributed by atoms with E-state index in [2.05, 4.69) is 20.3 Å². The van der Waals surface area contributed by atoms with Crippen molar-refractivity contribution in [3.63, 3.8) is 0 Å². The van der Waals surface area contributed by atoms with Gasteiger partial charge >= 0.3 is 6.18 Å². The molecule has 0 unspecified atom stereocenters. The second-order valence-corrected chi connectivity index (χ2v) is 5.58. The summed E-state index contributed by atoms with van der Waals surface area (Å²) in [6, 6.07) is 7.66. The smallest absolute Gasteiger partial charge is 0.430 e. The van der Waals surface area contributed by atoms with Crippen molar-refractivity contribution in [3.05, 3.63) is 54.2 Å². The molecule has 0 fully saturated rings. The second-order valence-electron chi connectivity index (χ2n) is 5.58. The van der Waals surface area contributed by atoms with Crippen LogP contribution in [0.4, 0.5) is 13.2 Å². The Balaban J connectivity index is 0.000000279. The van der Waals surface area contributed by atoms with Crippen LogP contribution in [0, 0.1) is 0 Å². The first kappa shape index (κ1) is 18.9. The quantitative estimate of drug-likeness (QED) is 0.537. The van der Waals surface area contributed by atoms with Gasteiger partial charge < -0.3 is 14.9 Å². The molecule has 0 atom stereocenters. The summed E-state index contributed by atoms with van der Waals surface area (Å²) < 4.78 is 31.5. The number of hydrogen-bond acceptors (Lipinski definition) is 4. The van der Waals surface area contributed by atoms with Crippen LogP contribution in [0.1, 0.15) is 11.3 Å². The number of nitrogens with one attached hydrogen (secondary N) is 4. The first-order valence-corrected chi connectivity index (χ1v) is 7.69. The number of aliphatic carboxylic acids is 1. The predicted octanol–water partition coefficient (Wildman–Crippen LogP) is 0.176. The summed E-state index contributed by atoms with van der Waals surface area (Å²) in [7, 11) is 0. The van der Waals surface area contributed by atoms with Gasteiger partial charge in [-0.3, -0.25) is 14.9 Å². The van der Waals surface area contributed by atoms with E-state index in [-0.39, 0.29) is 5.91 Å². The number of hydrogen-bond donors (Lipinski definition) is 3. The number of amides is 2. The van der Waals surface area contributed by atoms with Crippen LogP contribution in [0.15, 0.2) is 43.0 Å². The van der Waals surface area contributed by atoms with Crippen molar-refractivity contribution >= 4 is 39.8 Å². The molecule has 3 heterocycles. The fraction of sp³-hybridized carbons (Fsp3) is 0.0588. The number of imidazole rings is 1. The number of benzene rings is 1. The number of carboxylic acids is 1. The average molecular weight is 392 g/mol. The van der Waals surface area contributed by atoms with Crippen LogP contribution in [0.3, 0.4) is 0 Å². The molecule has 2 amide bonds. The number of carbonyl (C=O) groups is 3. The zero-order valence-electron chi connectivity index (χ0n) is 13.8. The maximum absolute atomic E-state index is 12.2. The standard InChI is InChI=1S/C15H10N4O2.C2HF3O2/c20-14-12(9-5-17-10-4-2-1-3-8(9)10)13(15(21)19-14)11-6-16-7-18-11;3-2(4,5)1(6)7/h1-7,17H,(H,16,18)(H,19,20,21);(H,6,7). The second kappa shape index (κ2) is 7.02. The highest BCUT2D eigenvalue weighted by atomic mass is 19.4. The molecule has 1 aliphatic rings. The zero-order valence-corrected chi connectivity index (χ0v) is 13.8. The molecule has 28 heavy (non-hydrogen) atoms. The highest BCUT2D eigenvalue weighted by Gasteiger charge is 2.35. The molecule has 8 nitrogen and oxygen atoms in total. The minimum absolute atomic E-state index is 0.353.